The number of hydrogen-bond acceptors (Lipinski definition) is 4. The van der Waals surface area contributed by atoms with Gasteiger partial charge in [-0.3, -0.25) is 4.68 Å². The molecule has 6 nitrogen and oxygen atoms in total. The molecule has 0 aliphatic heterocycles. The molecule has 0 spiro atoms. The van der Waals surface area contributed by atoms with Crippen molar-refractivity contribution in [2.75, 3.05) is 6.61 Å². The summed E-state index contributed by atoms with van der Waals surface area (Å²) in [5, 5.41) is 13.0. The molecule has 2 aromatic rings. The van der Waals surface area contributed by atoms with Gasteiger partial charge in [-0.1, -0.05) is 17.7 Å². The molecule has 1 aromatic carbocycles. The number of rotatable bonds is 5. The Bertz CT molecular complexity index is 728. The summed E-state index contributed by atoms with van der Waals surface area (Å²) >= 11 is 5.75. The molecule has 0 aliphatic rings. The van der Waals surface area contributed by atoms with Gasteiger partial charge in [0.15, 0.2) is 0 Å². The first-order chi connectivity index (χ1) is 9.85. The third-order valence-corrected chi connectivity index (χ3v) is 4.77. The predicted molar refractivity (Wildman–Crippen MR) is 74.8 cm³/mol. The van der Waals surface area contributed by atoms with E-state index in [0.29, 0.717) is 5.56 Å². The van der Waals surface area contributed by atoms with Gasteiger partial charge in [0.2, 0.25) is 10.0 Å². The number of aliphatic hydroxyl groups is 1. The summed E-state index contributed by atoms with van der Waals surface area (Å²) in [6.45, 7) is -0.503. The van der Waals surface area contributed by atoms with Crippen LogP contribution < -0.4 is 4.72 Å². The van der Waals surface area contributed by atoms with Gasteiger partial charge in [-0.2, -0.15) is 5.10 Å². The molecule has 2 N–H and O–H groups in total. The highest BCUT2D eigenvalue weighted by Gasteiger charge is 2.26. The molecule has 1 heterocycles. The third kappa shape index (κ3) is 3.41. The van der Waals surface area contributed by atoms with Gasteiger partial charge in [-0.15, -0.1) is 0 Å². The van der Waals surface area contributed by atoms with Crippen molar-refractivity contribution >= 4 is 21.6 Å². The van der Waals surface area contributed by atoms with Crippen LogP contribution in [0.1, 0.15) is 11.6 Å². The Hall–Kier alpha value is -1.48. The molecule has 0 amide bonds. The molecule has 0 saturated carbocycles. The Labute approximate surface area is 126 Å². The van der Waals surface area contributed by atoms with Crippen LogP contribution in [0, 0.1) is 5.82 Å². The minimum atomic E-state index is -4.23. The standard InChI is InChI=1S/C12H13ClFN3O3S/c1-17-6-8(5-15-17)11(7-18)16-21(19,20)12-9(13)3-2-4-10(12)14/h2-6,11,16,18H,7H2,1H3/t11-/m1/s1. The van der Waals surface area contributed by atoms with Crippen LogP contribution in [-0.4, -0.2) is 29.9 Å². The number of hydrogen-bond donors (Lipinski definition) is 2. The van der Waals surface area contributed by atoms with Gasteiger partial charge in [0.05, 0.1) is 23.9 Å². The van der Waals surface area contributed by atoms with Crippen molar-refractivity contribution in [3.05, 3.63) is 47.0 Å². The summed E-state index contributed by atoms with van der Waals surface area (Å²) in [5.41, 5.74) is 0.455. The molecule has 1 aromatic heterocycles. The van der Waals surface area contributed by atoms with Crippen molar-refractivity contribution in [1.29, 1.82) is 0 Å². The molecule has 0 bridgehead atoms. The summed E-state index contributed by atoms with van der Waals surface area (Å²) in [6.07, 6.45) is 2.96. The van der Waals surface area contributed by atoms with Crippen molar-refractivity contribution in [3.63, 3.8) is 0 Å². The predicted octanol–water partition coefficient (Wildman–Crippen LogP) is 1.22. The van der Waals surface area contributed by atoms with Crippen LogP contribution in [0.25, 0.3) is 0 Å². The Morgan fingerprint density at radius 2 is 2.24 bits per heavy atom. The van der Waals surface area contributed by atoms with E-state index in [1.54, 1.807) is 13.2 Å². The highest BCUT2D eigenvalue weighted by Crippen LogP contribution is 2.25. The van der Waals surface area contributed by atoms with Crippen LogP contribution in [-0.2, 0) is 17.1 Å². The fourth-order valence-corrected chi connectivity index (χ4v) is 3.64. The number of aliphatic hydroxyl groups excluding tert-OH is 1. The monoisotopic (exact) mass is 333 g/mol. The van der Waals surface area contributed by atoms with Gasteiger partial charge in [0.1, 0.15) is 10.7 Å². The highest BCUT2D eigenvalue weighted by molar-refractivity contribution is 7.89. The Balaban J connectivity index is 2.36. The van der Waals surface area contributed by atoms with E-state index in [-0.39, 0.29) is 5.02 Å². The quantitative estimate of drug-likeness (QED) is 0.861. The van der Waals surface area contributed by atoms with Gasteiger partial charge < -0.3 is 5.11 Å². The van der Waals surface area contributed by atoms with Gasteiger partial charge in [0.25, 0.3) is 0 Å². The normalized spacial score (nSPS) is 13.3. The van der Waals surface area contributed by atoms with Crippen molar-refractivity contribution in [3.8, 4) is 0 Å². The Morgan fingerprint density at radius 3 is 2.76 bits per heavy atom. The summed E-state index contributed by atoms with van der Waals surface area (Å²) in [6, 6.07) is 2.64. The fraction of sp³-hybridized carbons (Fsp3) is 0.250. The van der Waals surface area contributed by atoms with Crippen molar-refractivity contribution in [1.82, 2.24) is 14.5 Å². The zero-order valence-corrected chi connectivity index (χ0v) is 12.6. The van der Waals surface area contributed by atoms with E-state index < -0.39 is 33.4 Å². The largest absolute Gasteiger partial charge is 0.394 e. The number of halogens is 2. The van der Waals surface area contributed by atoms with Gasteiger partial charge in [-0.05, 0) is 12.1 Å². The molecule has 0 radical (unpaired) electrons. The summed E-state index contributed by atoms with van der Waals surface area (Å²) in [7, 11) is -2.57. The lowest BCUT2D eigenvalue weighted by molar-refractivity contribution is 0.258. The van der Waals surface area contributed by atoms with Crippen molar-refractivity contribution < 1.29 is 17.9 Å². The maximum Gasteiger partial charge on any atom is 0.245 e. The zero-order chi connectivity index (χ0) is 15.6. The lowest BCUT2D eigenvalue weighted by Gasteiger charge is -2.16. The first kappa shape index (κ1) is 15.9. The molecule has 1 atom stereocenters. The lowest BCUT2D eigenvalue weighted by Crippen LogP contribution is -2.31. The molecule has 0 aliphatic carbocycles. The number of nitrogens with zero attached hydrogens (tertiary/aromatic N) is 2. The van der Waals surface area contributed by atoms with Gasteiger partial charge in [-0.25, -0.2) is 17.5 Å². The van der Waals surface area contributed by atoms with E-state index in [1.165, 1.54) is 23.0 Å². The molecule has 2 rings (SSSR count). The van der Waals surface area contributed by atoms with E-state index in [1.807, 2.05) is 0 Å². The average Bonchev–Trinajstić information content (AvgIpc) is 2.82. The van der Waals surface area contributed by atoms with Crippen LogP contribution in [0.4, 0.5) is 4.39 Å². The summed E-state index contributed by atoms with van der Waals surface area (Å²) in [5.74, 6) is -0.960. The third-order valence-electron chi connectivity index (χ3n) is 2.79. The van der Waals surface area contributed by atoms with E-state index in [9.17, 15) is 17.9 Å². The van der Waals surface area contributed by atoms with Gasteiger partial charge in [0, 0.05) is 18.8 Å². The highest BCUT2D eigenvalue weighted by atomic mass is 35.5. The second-order valence-corrected chi connectivity index (χ2v) is 6.41. The van der Waals surface area contributed by atoms with E-state index in [0.717, 1.165) is 6.07 Å². The second kappa shape index (κ2) is 6.10. The second-order valence-electron chi connectivity index (χ2n) is 4.35. The Morgan fingerprint density at radius 1 is 1.52 bits per heavy atom. The van der Waals surface area contributed by atoms with Crippen molar-refractivity contribution in [2.24, 2.45) is 7.05 Å². The van der Waals surface area contributed by atoms with E-state index in [2.05, 4.69) is 9.82 Å². The molecule has 114 valence electrons. The van der Waals surface area contributed by atoms with Crippen LogP contribution in [0.2, 0.25) is 5.02 Å². The summed E-state index contributed by atoms with van der Waals surface area (Å²) < 4.78 is 41.9. The Kier molecular flexibility index (Phi) is 4.62. The van der Waals surface area contributed by atoms with Crippen LogP contribution in [0.3, 0.4) is 0 Å². The fourth-order valence-electron chi connectivity index (χ4n) is 1.82. The molecular formula is C12H13ClFN3O3S. The number of nitrogens with one attached hydrogen (secondary N) is 1. The van der Waals surface area contributed by atoms with Crippen LogP contribution in [0.5, 0.6) is 0 Å². The summed E-state index contributed by atoms with van der Waals surface area (Å²) in [4.78, 5) is -0.644. The lowest BCUT2D eigenvalue weighted by atomic mass is 10.2. The minimum absolute atomic E-state index is 0.231. The molecule has 0 saturated heterocycles. The van der Waals surface area contributed by atoms with Crippen molar-refractivity contribution in [2.45, 2.75) is 10.9 Å². The van der Waals surface area contributed by atoms with Gasteiger partial charge >= 0.3 is 0 Å². The average molecular weight is 334 g/mol. The molecule has 9 heteroatoms. The topological polar surface area (TPSA) is 84.2 Å². The molecule has 0 unspecified atom stereocenters. The first-order valence-corrected chi connectivity index (χ1v) is 7.77. The smallest absolute Gasteiger partial charge is 0.245 e. The number of benzene rings is 1. The number of aromatic nitrogens is 2. The minimum Gasteiger partial charge on any atom is -0.394 e. The maximum absolute atomic E-state index is 13.7. The molecule has 21 heavy (non-hydrogen) atoms. The number of sulfonamides is 1. The number of aryl methyl sites for hydroxylation is 1. The first-order valence-electron chi connectivity index (χ1n) is 5.91. The van der Waals surface area contributed by atoms with E-state index >= 15 is 0 Å². The van der Waals surface area contributed by atoms with Crippen LogP contribution in [0.15, 0.2) is 35.5 Å². The zero-order valence-electron chi connectivity index (χ0n) is 11.0. The maximum atomic E-state index is 13.7. The molecular weight excluding hydrogens is 321 g/mol. The SMILES string of the molecule is Cn1cc([C@@H](CO)NS(=O)(=O)c2c(F)cccc2Cl)cn1. The molecule has 0 fully saturated rings. The van der Waals surface area contributed by atoms with Crippen LogP contribution >= 0.6 is 11.6 Å². The van der Waals surface area contributed by atoms with E-state index in [4.69, 9.17) is 11.6 Å².